The predicted molar refractivity (Wildman–Crippen MR) is 84.3 cm³/mol. The van der Waals surface area contributed by atoms with Crippen LogP contribution >= 0.6 is 0 Å². The van der Waals surface area contributed by atoms with Gasteiger partial charge in [-0.15, -0.1) is 0 Å². The molecule has 3 nitrogen and oxygen atoms in total. The van der Waals surface area contributed by atoms with E-state index in [1.807, 2.05) is 0 Å². The van der Waals surface area contributed by atoms with Gasteiger partial charge in [0.1, 0.15) is 5.75 Å². The number of aryl methyl sites for hydroxylation is 1. The zero-order valence-electron chi connectivity index (χ0n) is 13.1. The Hall–Kier alpha value is -1.06. The number of piperidine rings is 1. The highest BCUT2D eigenvalue weighted by atomic mass is 16.5. The quantitative estimate of drug-likeness (QED) is 0.809. The average Bonchev–Trinajstić information content (AvgIpc) is 2.46. The van der Waals surface area contributed by atoms with Crippen molar-refractivity contribution in [1.29, 1.82) is 0 Å². The van der Waals surface area contributed by atoms with Crippen LogP contribution in [0.15, 0.2) is 18.2 Å². The number of nitrogens with zero attached hydrogens (tertiary/aromatic N) is 1. The molecule has 1 N–H and O–H groups in total. The van der Waals surface area contributed by atoms with Crippen LogP contribution in [-0.2, 0) is 6.54 Å². The number of methoxy groups -OCH3 is 1. The largest absolute Gasteiger partial charge is 0.496 e. The number of likely N-dealkylation sites (tertiary alicyclic amines) is 1. The number of rotatable bonds is 6. The lowest BCUT2D eigenvalue weighted by Crippen LogP contribution is -2.37. The first-order chi connectivity index (χ1) is 9.69. The maximum atomic E-state index is 5.29. The Bertz CT molecular complexity index is 411. The van der Waals surface area contributed by atoms with Crippen LogP contribution in [0.2, 0.25) is 0 Å². The maximum Gasteiger partial charge on any atom is 0.121 e. The molecule has 1 aromatic carbocycles. The molecule has 3 heteroatoms. The van der Waals surface area contributed by atoms with Crippen molar-refractivity contribution in [2.24, 2.45) is 5.92 Å². The van der Waals surface area contributed by atoms with E-state index in [0.717, 1.165) is 24.8 Å². The summed E-state index contributed by atoms with van der Waals surface area (Å²) in [6.45, 7) is 10.2. The highest BCUT2D eigenvalue weighted by molar-refractivity contribution is 5.36. The molecule has 0 aromatic heterocycles. The van der Waals surface area contributed by atoms with E-state index in [9.17, 15) is 0 Å². The minimum Gasteiger partial charge on any atom is -0.496 e. The summed E-state index contributed by atoms with van der Waals surface area (Å²) in [6, 6.07) is 6.40. The van der Waals surface area contributed by atoms with Crippen molar-refractivity contribution < 1.29 is 4.74 Å². The van der Waals surface area contributed by atoms with Crippen molar-refractivity contribution in [3.8, 4) is 5.75 Å². The second-order valence-electron chi connectivity index (χ2n) is 6.00. The molecule has 20 heavy (non-hydrogen) atoms. The van der Waals surface area contributed by atoms with E-state index in [2.05, 4.69) is 42.3 Å². The van der Waals surface area contributed by atoms with Crippen LogP contribution in [0.4, 0.5) is 0 Å². The summed E-state index contributed by atoms with van der Waals surface area (Å²) in [7, 11) is 1.72. The van der Waals surface area contributed by atoms with Gasteiger partial charge in [-0.25, -0.2) is 0 Å². The minimum absolute atomic E-state index is 0.918. The Morgan fingerprint density at radius 1 is 1.30 bits per heavy atom. The minimum atomic E-state index is 0.918. The Morgan fingerprint density at radius 3 is 2.70 bits per heavy atom. The highest BCUT2D eigenvalue weighted by Crippen LogP contribution is 2.18. The molecule has 0 radical (unpaired) electrons. The van der Waals surface area contributed by atoms with E-state index < -0.39 is 0 Å². The number of hydrogen-bond donors (Lipinski definition) is 1. The summed E-state index contributed by atoms with van der Waals surface area (Å²) in [5, 5.41) is 3.54. The van der Waals surface area contributed by atoms with Gasteiger partial charge in [0.05, 0.1) is 7.11 Å². The zero-order chi connectivity index (χ0) is 14.4. The van der Waals surface area contributed by atoms with E-state index in [0.29, 0.717) is 0 Å². The van der Waals surface area contributed by atoms with Gasteiger partial charge in [-0.2, -0.15) is 0 Å². The van der Waals surface area contributed by atoms with Crippen LogP contribution in [0.5, 0.6) is 5.75 Å². The van der Waals surface area contributed by atoms with Crippen molar-refractivity contribution in [1.82, 2.24) is 10.2 Å². The smallest absolute Gasteiger partial charge is 0.121 e. The van der Waals surface area contributed by atoms with Gasteiger partial charge >= 0.3 is 0 Å². The van der Waals surface area contributed by atoms with E-state index in [4.69, 9.17) is 4.74 Å². The molecule has 0 spiro atoms. The second-order valence-corrected chi connectivity index (χ2v) is 6.00. The molecule has 1 aliphatic heterocycles. The first-order valence-corrected chi connectivity index (χ1v) is 7.75. The lowest BCUT2D eigenvalue weighted by Gasteiger charge is -2.30. The lowest BCUT2D eigenvalue weighted by atomic mass is 9.99. The summed E-state index contributed by atoms with van der Waals surface area (Å²) in [4.78, 5) is 2.58. The fourth-order valence-corrected chi connectivity index (χ4v) is 2.81. The van der Waals surface area contributed by atoms with Gasteiger partial charge < -0.3 is 15.0 Å². The molecule has 0 bridgehead atoms. The number of benzene rings is 1. The van der Waals surface area contributed by atoms with E-state index in [-0.39, 0.29) is 0 Å². The third kappa shape index (κ3) is 4.50. The molecule has 0 unspecified atom stereocenters. The summed E-state index contributed by atoms with van der Waals surface area (Å²) in [5.41, 5.74) is 2.53. The molecule has 0 saturated carbocycles. The van der Waals surface area contributed by atoms with Gasteiger partial charge in [-0.3, -0.25) is 0 Å². The summed E-state index contributed by atoms with van der Waals surface area (Å²) in [5.74, 6) is 1.89. The molecule has 0 amide bonds. The van der Waals surface area contributed by atoms with Crippen molar-refractivity contribution in [2.45, 2.75) is 33.2 Å². The van der Waals surface area contributed by atoms with Crippen molar-refractivity contribution in [2.75, 3.05) is 33.3 Å². The average molecular weight is 276 g/mol. The lowest BCUT2D eigenvalue weighted by molar-refractivity contribution is 0.193. The third-order valence-electron chi connectivity index (χ3n) is 4.27. The monoisotopic (exact) mass is 276 g/mol. The predicted octanol–water partition coefficient (Wildman–Crippen LogP) is 2.83. The molecule has 0 atom stereocenters. The molecule has 1 aromatic rings. The maximum absolute atomic E-state index is 5.29. The standard InChI is InChI=1S/C17H28N2O/c1-14-6-9-19(10-7-14)11-8-18-13-16-4-5-17(20-3)15(2)12-16/h4-5,12,14,18H,6-11,13H2,1-3H3. The Labute approximate surface area is 123 Å². The Morgan fingerprint density at radius 2 is 2.05 bits per heavy atom. The summed E-state index contributed by atoms with van der Waals surface area (Å²) in [6.07, 6.45) is 2.72. The van der Waals surface area contributed by atoms with Gasteiger partial charge in [-0.1, -0.05) is 19.1 Å². The van der Waals surface area contributed by atoms with Crippen LogP contribution in [0.1, 0.15) is 30.9 Å². The third-order valence-corrected chi connectivity index (χ3v) is 4.27. The van der Waals surface area contributed by atoms with Crippen LogP contribution in [0, 0.1) is 12.8 Å². The molecular formula is C17H28N2O. The SMILES string of the molecule is COc1ccc(CNCCN2CCC(C)CC2)cc1C. The normalized spacial score (nSPS) is 17.4. The second kappa shape index (κ2) is 7.65. The van der Waals surface area contributed by atoms with E-state index >= 15 is 0 Å². The molecule has 1 aliphatic rings. The first kappa shape index (κ1) is 15.3. The number of nitrogens with one attached hydrogen (secondary N) is 1. The van der Waals surface area contributed by atoms with Crippen LogP contribution < -0.4 is 10.1 Å². The van der Waals surface area contributed by atoms with Crippen LogP contribution in [0.25, 0.3) is 0 Å². The summed E-state index contributed by atoms with van der Waals surface area (Å²) >= 11 is 0. The number of hydrogen-bond acceptors (Lipinski definition) is 3. The molecule has 0 aliphatic carbocycles. The van der Waals surface area contributed by atoms with Gasteiger partial charge in [0.2, 0.25) is 0 Å². The molecule has 2 rings (SSSR count). The van der Waals surface area contributed by atoms with Crippen LogP contribution in [-0.4, -0.2) is 38.2 Å². The van der Waals surface area contributed by atoms with Crippen molar-refractivity contribution >= 4 is 0 Å². The molecular weight excluding hydrogens is 248 g/mol. The summed E-state index contributed by atoms with van der Waals surface area (Å²) < 4.78 is 5.29. The Kier molecular flexibility index (Phi) is 5.86. The van der Waals surface area contributed by atoms with Gasteiger partial charge in [-0.05, 0) is 56.0 Å². The molecule has 1 saturated heterocycles. The fraction of sp³-hybridized carbons (Fsp3) is 0.647. The van der Waals surface area contributed by atoms with Crippen molar-refractivity contribution in [3.63, 3.8) is 0 Å². The molecule has 1 heterocycles. The fourth-order valence-electron chi connectivity index (χ4n) is 2.81. The highest BCUT2D eigenvalue weighted by Gasteiger charge is 2.14. The molecule has 112 valence electrons. The van der Waals surface area contributed by atoms with Gasteiger partial charge in [0, 0.05) is 19.6 Å². The van der Waals surface area contributed by atoms with Gasteiger partial charge in [0.15, 0.2) is 0 Å². The van der Waals surface area contributed by atoms with E-state index in [1.54, 1.807) is 7.11 Å². The number of ether oxygens (including phenoxy) is 1. The topological polar surface area (TPSA) is 24.5 Å². The van der Waals surface area contributed by atoms with Gasteiger partial charge in [0.25, 0.3) is 0 Å². The van der Waals surface area contributed by atoms with Crippen LogP contribution in [0.3, 0.4) is 0 Å². The van der Waals surface area contributed by atoms with E-state index in [1.165, 1.54) is 43.6 Å². The first-order valence-electron chi connectivity index (χ1n) is 7.75. The zero-order valence-corrected chi connectivity index (χ0v) is 13.1. The van der Waals surface area contributed by atoms with Crippen molar-refractivity contribution in [3.05, 3.63) is 29.3 Å². The Balaban J connectivity index is 1.67. The molecule has 1 fully saturated rings.